The number of hydrogen-bond acceptors (Lipinski definition) is 2. The van der Waals surface area contributed by atoms with Crippen LogP contribution in [0.1, 0.15) is 45.3 Å². The fraction of sp³-hybridized carbons (Fsp3) is 0.571. The predicted molar refractivity (Wildman–Crippen MR) is 66.3 cm³/mol. The van der Waals surface area contributed by atoms with Crippen molar-refractivity contribution in [2.75, 3.05) is 6.61 Å². The van der Waals surface area contributed by atoms with Gasteiger partial charge in [0.2, 0.25) is 0 Å². The summed E-state index contributed by atoms with van der Waals surface area (Å²) in [4.78, 5) is 0. The van der Waals surface area contributed by atoms with Crippen molar-refractivity contribution in [2.24, 2.45) is 0 Å². The molecule has 0 saturated heterocycles. The maximum Gasteiger partial charge on any atom is 0.123 e. The fourth-order valence-electron chi connectivity index (χ4n) is 2.19. The van der Waals surface area contributed by atoms with E-state index in [1.54, 1.807) is 12.1 Å². The number of benzene rings is 1. The summed E-state index contributed by atoms with van der Waals surface area (Å²) in [6.45, 7) is 6.38. The Hall–Kier alpha value is -0.930. The molecule has 1 N–H and O–H groups in total. The minimum Gasteiger partial charge on any atom is -0.385 e. The standard InChI is InChI=1S/C14H21FO2/c1-4-14(5-2,17-6-3)13(16)11-8-7-9-12(15)10-11/h7-10,13,16H,4-6H2,1-3H3. The molecule has 0 aliphatic carbocycles. The Balaban J connectivity index is 3.02. The molecule has 1 rings (SSSR count). The highest BCUT2D eigenvalue weighted by Crippen LogP contribution is 2.35. The normalized spacial score (nSPS) is 13.7. The van der Waals surface area contributed by atoms with Crippen LogP contribution in [0.5, 0.6) is 0 Å². The first-order chi connectivity index (χ1) is 8.09. The summed E-state index contributed by atoms with van der Waals surface area (Å²) in [5.74, 6) is -0.334. The van der Waals surface area contributed by atoms with E-state index in [0.717, 1.165) is 0 Å². The van der Waals surface area contributed by atoms with Crippen molar-refractivity contribution >= 4 is 0 Å². The van der Waals surface area contributed by atoms with E-state index in [1.807, 2.05) is 20.8 Å². The zero-order valence-electron chi connectivity index (χ0n) is 10.7. The van der Waals surface area contributed by atoms with Crippen LogP contribution in [0.4, 0.5) is 4.39 Å². The van der Waals surface area contributed by atoms with Crippen LogP contribution in [0.15, 0.2) is 24.3 Å². The Labute approximate surface area is 102 Å². The Kier molecular flexibility index (Phi) is 5.09. The van der Waals surface area contributed by atoms with Gasteiger partial charge in [0.15, 0.2) is 0 Å². The van der Waals surface area contributed by atoms with Crippen LogP contribution in [0.3, 0.4) is 0 Å². The molecule has 1 atom stereocenters. The lowest BCUT2D eigenvalue weighted by Gasteiger charge is -2.36. The highest BCUT2D eigenvalue weighted by Gasteiger charge is 2.36. The highest BCUT2D eigenvalue weighted by atomic mass is 19.1. The largest absolute Gasteiger partial charge is 0.385 e. The summed E-state index contributed by atoms with van der Waals surface area (Å²) in [5, 5.41) is 10.4. The van der Waals surface area contributed by atoms with Crippen molar-refractivity contribution in [3.05, 3.63) is 35.6 Å². The Morgan fingerprint density at radius 3 is 2.41 bits per heavy atom. The summed E-state index contributed by atoms with van der Waals surface area (Å²) >= 11 is 0. The van der Waals surface area contributed by atoms with Crippen LogP contribution in [-0.4, -0.2) is 17.3 Å². The fourth-order valence-corrected chi connectivity index (χ4v) is 2.19. The van der Waals surface area contributed by atoms with Gasteiger partial charge in [-0.3, -0.25) is 0 Å². The van der Waals surface area contributed by atoms with E-state index in [2.05, 4.69) is 0 Å². The van der Waals surface area contributed by atoms with Crippen molar-refractivity contribution in [3.63, 3.8) is 0 Å². The minimum atomic E-state index is -0.798. The Morgan fingerprint density at radius 1 is 1.29 bits per heavy atom. The molecule has 17 heavy (non-hydrogen) atoms. The molecular weight excluding hydrogens is 219 g/mol. The van der Waals surface area contributed by atoms with Gasteiger partial charge < -0.3 is 9.84 Å². The second-order valence-corrected chi connectivity index (χ2v) is 4.16. The third-order valence-electron chi connectivity index (χ3n) is 3.29. The average molecular weight is 240 g/mol. The van der Waals surface area contributed by atoms with Gasteiger partial charge in [-0.05, 0) is 37.5 Å². The molecule has 0 spiro atoms. The van der Waals surface area contributed by atoms with Gasteiger partial charge in [-0.1, -0.05) is 26.0 Å². The van der Waals surface area contributed by atoms with Gasteiger partial charge in [-0.25, -0.2) is 4.39 Å². The van der Waals surface area contributed by atoms with Gasteiger partial charge in [0.1, 0.15) is 11.9 Å². The number of aliphatic hydroxyl groups excluding tert-OH is 1. The Morgan fingerprint density at radius 2 is 1.94 bits per heavy atom. The topological polar surface area (TPSA) is 29.5 Å². The molecule has 1 aromatic carbocycles. The van der Waals surface area contributed by atoms with Gasteiger partial charge in [-0.15, -0.1) is 0 Å². The molecule has 0 amide bonds. The molecule has 0 aliphatic heterocycles. The molecule has 0 aliphatic rings. The third kappa shape index (κ3) is 3.05. The lowest BCUT2D eigenvalue weighted by atomic mass is 9.86. The maximum absolute atomic E-state index is 13.2. The summed E-state index contributed by atoms with van der Waals surface area (Å²) in [5.41, 5.74) is -0.0510. The molecule has 0 saturated carbocycles. The first kappa shape index (κ1) is 14.1. The monoisotopic (exact) mass is 240 g/mol. The summed E-state index contributed by atoms with van der Waals surface area (Å²) in [6.07, 6.45) is 0.581. The van der Waals surface area contributed by atoms with E-state index in [1.165, 1.54) is 12.1 Å². The number of aliphatic hydroxyl groups is 1. The predicted octanol–water partition coefficient (Wildman–Crippen LogP) is 3.45. The van der Waals surface area contributed by atoms with Crippen molar-refractivity contribution < 1.29 is 14.2 Å². The van der Waals surface area contributed by atoms with Gasteiger partial charge in [0, 0.05) is 6.61 Å². The van der Waals surface area contributed by atoms with Crippen molar-refractivity contribution in [1.82, 2.24) is 0 Å². The van der Waals surface area contributed by atoms with E-state index in [0.29, 0.717) is 25.0 Å². The third-order valence-corrected chi connectivity index (χ3v) is 3.29. The number of hydrogen-bond donors (Lipinski definition) is 1. The molecule has 1 unspecified atom stereocenters. The van der Waals surface area contributed by atoms with E-state index >= 15 is 0 Å². The van der Waals surface area contributed by atoms with E-state index in [4.69, 9.17) is 4.74 Å². The first-order valence-electron chi connectivity index (χ1n) is 6.17. The first-order valence-corrected chi connectivity index (χ1v) is 6.17. The number of ether oxygens (including phenoxy) is 1. The average Bonchev–Trinajstić information content (AvgIpc) is 2.35. The van der Waals surface area contributed by atoms with Crippen molar-refractivity contribution in [3.8, 4) is 0 Å². The molecule has 0 aromatic heterocycles. The summed E-state index contributed by atoms with van der Waals surface area (Å²) in [7, 11) is 0. The molecule has 2 nitrogen and oxygen atoms in total. The van der Waals surface area contributed by atoms with Crippen LogP contribution < -0.4 is 0 Å². The lowest BCUT2D eigenvalue weighted by molar-refractivity contribution is -0.127. The summed E-state index contributed by atoms with van der Waals surface area (Å²) < 4.78 is 18.9. The molecule has 0 radical (unpaired) electrons. The second kappa shape index (κ2) is 6.12. The van der Waals surface area contributed by atoms with Crippen LogP contribution in [0.2, 0.25) is 0 Å². The van der Waals surface area contributed by atoms with E-state index in [-0.39, 0.29) is 5.82 Å². The van der Waals surface area contributed by atoms with Gasteiger partial charge in [0.05, 0.1) is 5.60 Å². The Bertz CT molecular complexity index is 348. The second-order valence-electron chi connectivity index (χ2n) is 4.16. The van der Waals surface area contributed by atoms with Crippen LogP contribution in [0.25, 0.3) is 0 Å². The summed E-state index contributed by atoms with van der Waals surface area (Å²) in [6, 6.07) is 6.07. The van der Waals surface area contributed by atoms with Gasteiger partial charge in [-0.2, -0.15) is 0 Å². The van der Waals surface area contributed by atoms with Crippen molar-refractivity contribution in [1.29, 1.82) is 0 Å². The van der Waals surface area contributed by atoms with E-state index in [9.17, 15) is 9.50 Å². The molecule has 0 fully saturated rings. The number of halogens is 1. The zero-order valence-corrected chi connectivity index (χ0v) is 10.7. The smallest absolute Gasteiger partial charge is 0.123 e. The van der Waals surface area contributed by atoms with Crippen LogP contribution >= 0.6 is 0 Å². The molecule has 0 heterocycles. The molecular formula is C14H21FO2. The van der Waals surface area contributed by atoms with Gasteiger partial charge >= 0.3 is 0 Å². The number of rotatable bonds is 6. The molecule has 1 aromatic rings. The molecule has 3 heteroatoms. The van der Waals surface area contributed by atoms with Crippen LogP contribution in [0, 0.1) is 5.82 Å². The maximum atomic E-state index is 13.2. The lowest BCUT2D eigenvalue weighted by Crippen LogP contribution is -2.38. The minimum absolute atomic E-state index is 0.334. The highest BCUT2D eigenvalue weighted by molar-refractivity contribution is 5.21. The molecule has 0 bridgehead atoms. The molecule has 96 valence electrons. The van der Waals surface area contributed by atoms with Crippen LogP contribution in [-0.2, 0) is 4.74 Å². The van der Waals surface area contributed by atoms with E-state index < -0.39 is 11.7 Å². The SMILES string of the molecule is CCOC(CC)(CC)C(O)c1cccc(F)c1. The quantitative estimate of drug-likeness (QED) is 0.825. The van der Waals surface area contributed by atoms with Crippen molar-refractivity contribution in [2.45, 2.75) is 45.3 Å². The van der Waals surface area contributed by atoms with Gasteiger partial charge in [0.25, 0.3) is 0 Å². The zero-order chi connectivity index (χ0) is 12.9.